The van der Waals surface area contributed by atoms with Crippen LogP contribution in [0.25, 0.3) is 0 Å². The number of hydrogen-bond acceptors (Lipinski definition) is 4. The lowest BCUT2D eigenvalue weighted by Gasteiger charge is -2.33. The zero-order valence-electron chi connectivity index (χ0n) is 10.1. The molecule has 1 fully saturated rings. The molecule has 1 aromatic heterocycles. The molecule has 1 aromatic rings. The maximum Gasteiger partial charge on any atom is 0.151 e. The Bertz CT molecular complexity index is 327. The van der Waals surface area contributed by atoms with Gasteiger partial charge in [0.1, 0.15) is 0 Å². The van der Waals surface area contributed by atoms with E-state index >= 15 is 0 Å². The molecule has 0 amide bonds. The van der Waals surface area contributed by atoms with Crippen LogP contribution in [0, 0.1) is 6.92 Å². The summed E-state index contributed by atoms with van der Waals surface area (Å²) in [6.45, 7) is 1.95. The smallest absolute Gasteiger partial charge is 0.151 e. The Kier molecular flexibility index (Phi) is 3.39. The summed E-state index contributed by atoms with van der Waals surface area (Å²) in [6.07, 6.45) is 4.56. The third-order valence-corrected chi connectivity index (χ3v) is 3.43. The topological polar surface area (TPSA) is 55.0 Å². The molecule has 2 rings (SSSR count). The molecule has 0 spiro atoms. The Balaban J connectivity index is 2.01. The molecule has 0 aliphatic heterocycles. The van der Waals surface area contributed by atoms with Crippen molar-refractivity contribution >= 4 is 5.82 Å². The summed E-state index contributed by atoms with van der Waals surface area (Å²) < 4.78 is 0. The van der Waals surface area contributed by atoms with Gasteiger partial charge in [-0.1, -0.05) is 0 Å². The molecule has 1 aliphatic carbocycles. The van der Waals surface area contributed by atoms with Gasteiger partial charge in [-0.2, -0.15) is 5.10 Å². The molecule has 0 bridgehead atoms. The molecule has 0 aromatic carbocycles. The second kappa shape index (κ2) is 4.78. The van der Waals surface area contributed by atoms with E-state index in [1.165, 1.54) is 0 Å². The maximum atomic E-state index is 5.91. The highest BCUT2D eigenvalue weighted by Gasteiger charge is 2.22. The highest BCUT2D eigenvalue weighted by molar-refractivity contribution is 5.37. The molecule has 0 atom stereocenters. The highest BCUT2D eigenvalue weighted by atomic mass is 15.3. The molecular formula is C12H20N4. The van der Waals surface area contributed by atoms with Crippen LogP contribution in [0.3, 0.4) is 0 Å². The fraction of sp³-hybridized carbons (Fsp3) is 0.667. The average molecular weight is 220 g/mol. The molecule has 2 N–H and O–H groups in total. The average Bonchev–Trinajstić information content (AvgIpc) is 2.30. The van der Waals surface area contributed by atoms with Crippen LogP contribution in [-0.2, 0) is 0 Å². The van der Waals surface area contributed by atoms with Gasteiger partial charge >= 0.3 is 0 Å². The van der Waals surface area contributed by atoms with Crippen LogP contribution in [0.5, 0.6) is 0 Å². The first-order valence-corrected chi connectivity index (χ1v) is 5.95. The van der Waals surface area contributed by atoms with E-state index in [0.29, 0.717) is 12.1 Å². The third kappa shape index (κ3) is 2.50. The van der Waals surface area contributed by atoms with Crippen molar-refractivity contribution in [1.29, 1.82) is 0 Å². The Morgan fingerprint density at radius 1 is 1.19 bits per heavy atom. The van der Waals surface area contributed by atoms with Gasteiger partial charge in [-0.15, -0.1) is 5.10 Å². The lowest BCUT2D eigenvalue weighted by Crippen LogP contribution is -2.39. The van der Waals surface area contributed by atoms with Crippen molar-refractivity contribution < 1.29 is 0 Å². The number of rotatable bonds is 2. The minimum atomic E-state index is 0.397. The minimum absolute atomic E-state index is 0.397. The largest absolute Gasteiger partial charge is 0.355 e. The third-order valence-electron chi connectivity index (χ3n) is 3.43. The van der Waals surface area contributed by atoms with Gasteiger partial charge in [0.15, 0.2) is 5.82 Å². The van der Waals surface area contributed by atoms with Gasteiger partial charge in [-0.05, 0) is 44.7 Å². The normalized spacial score (nSPS) is 25.4. The summed E-state index contributed by atoms with van der Waals surface area (Å²) in [5, 5.41) is 8.31. The summed E-state index contributed by atoms with van der Waals surface area (Å²) in [5.74, 6) is 0.964. The second-order valence-electron chi connectivity index (χ2n) is 4.71. The van der Waals surface area contributed by atoms with Gasteiger partial charge in [0.25, 0.3) is 0 Å². The van der Waals surface area contributed by atoms with Gasteiger partial charge in [0.2, 0.25) is 0 Å². The monoisotopic (exact) mass is 220 g/mol. The number of anilines is 1. The van der Waals surface area contributed by atoms with Crippen LogP contribution in [0.15, 0.2) is 12.1 Å². The molecular weight excluding hydrogens is 200 g/mol. The molecule has 88 valence electrons. The van der Waals surface area contributed by atoms with Crippen molar-refractivity contribution in [1.82, 2.24) is 10.2 Å². The van der Waals surface area contributed by atoms with Crippen molar-refractivity contribution in [2.45, 2.75) is 44.7 Å². The van der Waals surface area contributed by atoms with Gasteiger partial charge in [0.05, 0.1) is 5.69 Å². The predicted octanol–water partition coefficient (Wildman–Crippen LogP) is 1.49. The van der Waals surface area contributed by atoms with E-state index in [1.807, 2.05) is 19.1 Å². The van der Waals surface area contributed by atoms with Crippen molar-refractivity contribution in [3.63, 3.8) is 0 Å². The van der Waals surface area contributed by atoms with Gasteiger partial charge in [0, 0.05) is 19.1 Å². The van der Waals surface area contributed by atoms with Gasteiger partial charge < -0.3 is 10.6 Å². The highest BCUT2D eigenvalue weighted by Crippen LogP contribution is 2.24. The van der Waals surface area contributed by atoms with Gasteiger partial charge in [-0.25, -0.2) is 0 Å². The second-order valence-corrected chi connectivity index (χ2v) is 4.71. The Morgan fingerprint density at radius 2 is 1.88 bits per heavy atom. The van der Waals surface area contributed by atoms with E-state index in [2.05, 4.69) is 22.1 Å². The number of nitrogens with zero attached hydrogens (tertiary/aromatic N) is 3. The first-order chi connectivity index (χ1) is 7.66. The lowest BCUT2D eigenvalue weighted by molar-refractivity contribution is 0.383. The van der Waals surface area contributed by atoms with Crippen LogP contribution in [0.2, 0.25) is 0 Å². The standard InChI is InChI=1S/C12H20N4/c1-9-3-8-12(15-14-9)16(2)11-6-4-10(13)5-7-11/h3,8,10-11H,4-7,13H2,1-2H3. The fourth-order valence-corrected chi connectivity index (χ4v) is 2.26. The molecule has 0 radical (unpaired) electrons. The zero-order valence-corrected chi connectivity index (χ0v) is 10.1. The van der Waals surface area contributed by atoms with Crippen LogP contribution in [-0.4, -0.2) is 29.3 Å². The van der Waals surface area contributed by atoms with Gasteiger partial charge in [-0.3, -0.25) is 0 Å². The summed E-state index contributed by atoms with van der Waals surface area (Å²) in [7, 11) is 2.10. The van der Waals surface area contributed by atoms with E-state index in [4.69, 9.17) is 5.73 Å². The number of aryl methyl sites for hydroxylation is 1. The van der Waals surface area contributed by atoms with Crippen LogP contribution in [0.1, 0.15) is 31.4 Å². The summed E-state index contributed by atoms with van der Waals surface area (Å²) >= 11 is 0. The lowest BCUT2D eigenvalue weighted by atomic mass is 9.91. The Morgan fingerprint density at radius 3 is 2.44 bits per heavy atom. The van der Waals surface area contributed by atoms with Crippen molar-refractivity contribution in [3.8, 4) is 0 Å². The number of hydrogen-bond donors (Lipinski definition) is 1. The predicted molar refractivity (Wildman–Crippen MR) is 65.4 cm³/mol. The van der Waals surface area contributed by atoms with Crippen molar-refractivity contribution in [2.24, 2.45) is 5.73 Å². The first-order valence-electron chi connectivity index (χ1n) is 5.95. The number of aromatic nitrogens is 2. The summed E-state index contributed by atoms with van der Waals surface area (Å²) in [6, 6.07) is 5.01. The summed E-state index contributed by atoms with van der Waals surface area (Å²) in [4.78, 5) is 2.23. The minimum Gasteiger partial charge on any atom is -0.355 e. The molecule has 1 aliphatic rings. The molecule has 4 nitrogen and oxygen atoms in total. The first kappa shape index (κ1) is 11.3. The molecule has 1 saturated carbocycles. The molecule has 16 heavy (non-hydrogen) atoms. The van der Waals surface area contributed by atoms with Crippen LogP contribution < -0.4 is 10.6 Å². The van der Waals surface area contributed by atoms with Crippen molar-refractivity contribution in [2.75, 3.05) is 11.9 Å². The zero-order chi connectivity index (χ0) is 11.5. The van der Waals surface area contributed by atoms with E-state index in [0.717, 1.165) is 37.2 Å². The molecule has 1 heterocycles. The SMILES string of the molecule is Cc1ccc(N(C)C2CCC(N)CC2)nn1. The molecule has 0 saturated heterocycles. The fourth-order valence-electron chi connectivity index (χ4n) is 2.26. The van der Waals surface area contributed by atoms with E-state index in [1.54, 1.807) is 0 Å². The van der Waals surface area contributed by atoms with E-state index < -0.39 is 0 Å². The Hall–Kier alpha value is -1.16. The molecule has 0 unspecified atom stereocenters. The van der Waals surface area contributed by atoms with Crippen molar-refractivity contribution in [3.05, 3.63) is 17.8 Å². The molecule has 4 heteroatoms. The Labute approximate surface area is 96.9 Å². The van der Waals surface area contributed by atoms with E-state index in [-0.39, 0.29) is 0 Å². The van der Waals surface area contributed by atoms with Crippen LogP contribution in [0.4, 0.5) is 5.82 Å². The maximum absolute atomic E-state index is 5.91. The van der Waals surface area contributed by atoms with E-state index in [9.17, 15) is 0 Å². The van der Waals surface area contributed by atoms with Crippen LogP contribution >= 0.6 is 0 Å². The number of nitrogens with two attached hydrogens (primary N) is 1. The quantitative estimate of drug-likeness (QED) is 0.820. The summed E-state index contributed by atoms with van der Waals surface area (Å²) in [5.41, 5.74) is 6.87.